The van der Waals surface area contributed by atoms with Crippen molar-refractivity contribution in [3.8, 4) is 11.3 Å². The molecule has 0 radical (unpaired) electrons. The molecule has 8 nitrogen and oxygen atoms in total. The molecule has 10 heteroatoms. The number of aromatic amines is 1. The number of piperidine rings is 1. The molecule has 0 aromatic carbocycles. The summed E-state index contributed by atoms with van der Waals surface area (Å²) in [5.74, 6) is 1.23. The lowest BCUT2D eigenvalue weighted by Crippen LogP contribution is -2.42. The number of hydrogen-bond acceptors (Lipinski definition) is 6. The zero-order chi connectivity index (χ0) is 22.7. The normalized spacial score (nSPS) is 22.4. The standard InChI is InChI=1S/C23H27ClFN7O/c1-31-21(33)16-18(15-5-9-26-20(17(15)24)27-14-2-3-14)29-30-19(16)28-22(31)32-10-7-23(8-11-32)6-4-13(25)12-23/h5,9,13-14H,2-4,6-8,10-12H2,1H3,(H,26,27)(H,29,30). The summed E-state index contributed by atoms with van der Waals surface area (Å²) in [6.07, 6.45) is 7.38. The van der Waals surface area contributed by atoms with Crippen molar-refractivity contribution >= 4 is 34.4 Å². The number of pyridine rings is 1. The highest BCUT2D eigenvalue weighted by Crippen LogP contribution is 2.47. The second-order valence-electron chi connectivity index (χ2n) is 9.84. The molecule has 0 amide bonds. The first-order chi connectivity index (χ1) is 15.9. The Kier molecular flexibility index (Phi) is 4.87. The Morgan fingerprint density at radius 2 is 2.03 bits per heavy atom. The summed E-state index contributed by atoms with van der Waals surface area (Å²) >= 11 is 6.64. The zero-order valence-electron chi connectivity index (χ0n) is 18.6. The summed E-state index contributed by atoms with van der Waals surface area (Å²) in [7, 11) is 1.74. The van der Waals surface area contributed by atoms with Crippen LogP contribution in [0.5, 0.6) is 0 Å². The second kappa shape index (κ2) is 7.68. The van der Waals surface area contributed by atoms with Gasteiger partial charge in [0.2, 0.25) is 5.95 Å². The molecule has 3 fully saturated rings. The van der Waals surface area contributed by atoms with Gasteiger partial charge >= 0.3 is 0 Å². The first-order valence-corrected chi connectivity index (χ1v) is 12.1. The van der Waals surface area contributed by atoms with Crippen LogP contribution in [0.25, 0.3) is 22.3 Å². The molecule has 3 aromatic heterocycles. The topological polar surface area (TPSA) is 91.7 Å². The molecule has 33 heavy (non-hydrogen) atoms. The van der Waals surface area contributed by atoms with Crippen molar-refractivity contribution in [2.45, 2.75) is 57.2 Å². The number of fused-ring (bicyclic) bond motifs is 1. The van der Waals surface area contributed by atoms with E-state index in [-0.39, 0.29) is 11.0 Å². The van der Waals surface area contributed by atoms with Crippen LogP contribution in [-0.4, -0.2) is 50.0 Å². The van der Waals surface area contributed by atoms with Crippen molar-refractivity contribution in [2.75, 3.05) is 23.3 Å². The first-order valence-electron chi connectivity index (χ1n) is 11.7. The summed E-state index contributed by atoms with van der Waals surface area (Å²) < 4.78 is 15.4. The molecule has 2 N–H and O–H groups in total. The summed E-state index contributed by atoms with van der Waals surface area (Å²) in [5.41, 5.74) is 1.51. The van der Waals surface area contributed by atoms with E-state index in [0.717, 1.165) is 45.2 Å². The molecule has 6 rings (SSSR count). The minimum Gasteiger partial charge on any atom is -0.366 e. The van der Waals surface area contributed by atoms with Gasteiger partial charge in [-0.2, -0.15) is 10.1 Å². The lowest BCUT2D eigenvalue weighted by atomic mass is 9.77. The lowest BCUT2D eigenvalue weighted by Gasteiger charge is -2.40. The monoisotopic (exact) mass is 471 g/mol. The summed E-state index contributed by atoms with van der Waals surface area (Å²) in [5, 5.41) is 11.5. The van der Waals surface area contributed by atoms with Crippen LogP contribution in [-0.2, 0) is 7.05 Å². The number of nitrogens with zero attached hydrogens (tertiary/aromatic N) is 5. The number of halogens is 2. The van der Waals surface area contributed by atoms with Crippen LogP contribution in [0.3, 0.4) is 0 Å². The molecule has 174 valence electrons. The van der Waals surface area contributed by atoms with E-state index < -0.39 is 6.17 Å². The van der Waals surface area contributed by atoms with Gasteiger partial charge in [0.05, 0.1) is 5.02 Å². The van der Waals surface area contributed by atoms with Crippen LogP contribution in [0.1, 0.15) is 44.9 Å². The van der Waals surface area contributed by atoms with Crippen LogP contribution in [0, 0.1) is 5.41 Å². The van der Waals surface area contributed by atoms with Gasteiger partial charge in [-0.1, -0.05) is 11.6 Å². The maximum atomic E-state index is 13.8. The average Bonchev–Trinajstić information content (AvgIpc) is 3.41. The number of H-pyrrole nitrogens is 1. The van der Waals surface area contributed by atoms with Crippen LogP contribution < -0.4 is 15.8 Å². The maximum Gasteiger partial charge on any atom is 0.266 e. The molecule has 1 atom stereocenters. The fourth-order valence-corrected chi connectivity index (χ4v) is 5.70. The fourth-order valence-electron chi connectivity index (χ4n) is 5.45. The fraction of sp³-hybridized carbons (Fsp3) is 0.565. The van der Waals surface area contributed by atoms with Gasteiger partial charge < -0.3 is 10.2 Å². The predicted molar refractivity (Wildman–Crippen MR) is 127 cm³/mol. The third-order valence-electron chi connectivity index (χ3n) is 7.59. The highest BCUT2D eigenvalue weighted by molar-refractivity contribution is 6.36. The van der Waals surface area contributed by atoms with Gasteiger partial charge in [-0.05, 0) is 56.4 Å². The quantitative estimate of drug-likeness (QED) is 0.596. The number of anilines is 2. The highest BCUT2D eigenvalue weighted by atomic mass is 35.5. The minimum atomic E-state index is -0.668. The van der Waals surface area contributed by atoms with Crippen molar-refractivity contribution in [1.29, 1.82) is 0 Å². The van der Waals surface area contributed by atoms with Gasteiger partial charge in [0, 0.05) is 37.9 Å². The molecule has 1 aliphatic heterocycles. The second-order valence-corrected chi connectivity index (χ2v) is 10.2. The van der Waals surface area contributed by atoms with E-state index in [1.807, 2.05) is 0 Å². The predicted octanol–water partition coefficient (Wildman–Crippen LogP) is 4.05. The number of nitrogens with one attached hydrogen (secondary N) is 2. The van der Waals surface area contributed by atoms with Gasteiger partial charge in [-0.3, -0.25) is 14.5 Å². The zero-order valence-corrected chi connectivity index (χ0v) is 19.3. The lowest BCUT2D eigenvalue weighted by molar-refractivity contribution is 0.203. The van der Waals surface area contributed by atoms with Gasteiger partial charge in [0.1, 0.15) is 23.1 Å². The van der Waals surface area contributed by atoms with Crippen LogP contribution in [0.4, 0.5) is 16.2 Å². The van der Waals surface area contributed by atoms with E-state index in [1.165, 1.54) is 0 Å². The summed E-state index contributed by atoms with van der Waals surface area (Å²) in [4.78, 5) is 24.7. The van der Waals surface area contributed by atoms with Crippen molar-refractivity contribution in [2.24, 2.45) is 12.5 Å². The van der Waals surface area contributed by atoms with Crippen LogP contribution in [0.2, 0.25) is 5.02 Å². The Bertz CT molecular complexity index is 1280. The maximum absolute atomic E-state index is 13.8. The van der Waals surface area contributed by atoms with Gasteiger partial charge in [0.25, 0.3) is 5.56 Å². The molecule has 3 aromatic rings. The Morgan fingerprint density at radius 3 is 2.73 bits per heavy atom. The van der Waals surface area contributed by atoms with Gasteiger partial charge in [0.15, 0.2) is 5.65 Å². The highest BCUT2D eigenvalue weighted by Gasteiger charge is 2.42. The Morgan fingerprint density at radius 1 is 1.24 bits per heavy atom. The van der Waals surface area contributed by atoms with E-state index in [1.54, 1.807) is 23.9 Å². The molecule has 1 saturated heterocycles. The average molecular weight is 472 g/mol. The third kappa shape index (κ3) is 3.57. The molecule has 2 aliphatic carbocycles. The number of alkyl halides is 1. The van der Waals surface area contributed by atoms with E-state index >= 15 is 0 Å². The molecular formula is C23H27ClFN7O. The number of rotatable bonds is 4. The van der Waals surface area contributed by atoms with Crippen LogP contribution >= 0.6 is 11.6 Å². The molecule has 0 bridgehead atoms. The largest absolute Gasteiger partial charge is 0.366 e. The Labute approximate surface area is 195 Å². The molecule has 1 spiro atoms. The first kappa shape index (κ1) is 20.9. The van der Waals surface area contributed by atoms with E-state index in [9.17, 15) is 9.18 Å². The van der Waals surface area contributed by atoms with Crippen molar-refractivity contribution < 1.29 is 4.39 Å². The SMILES string of the molecule is Cn1c(N2CCC3(CCC(F)C3)CC2)nc2[nH]nc(-c3ccnc(NC4CC4)c3Cl)c2c1=O. The van der Waals surface area contributed by atoms with Crippen molar-refractivity contribution in [1.82, 2.24) is 24.7 Å². The molecule has 4 heterocycles. The number of aromatic nitrogens is 5. The van der Waals surface area contributed by atoms with Crippen LogP contribution in [0.15, 0.2) is 17.1 Å². The minimum absolute atomic E-state index is 0.115. The Balaban J connectivity index is 1.34. The van der Waals surface area contributed by atoms with E-state index in [2.05, 4.69) is 25.4 Å². The van der Waals surface area contributed by atoms with E-state index in [0.29, 0.717) is 58.0 Å². The molecular weight excluding hydrogens is 445 g/mol. The van der Waals surface area contributed by atoms with Gasteiger partial charge in [-0.15, -0.1) is 0 Å². The summed E-state index contributed by atoms with van der Waals surface area (Å²) in [6.45, 7) is 1.54. The van der Waals surface area contributed by atoms with Gasteiger partial charge in [-0.25, -0.2) is 9.37 Å². The Hall–Kier alpha value is -2.68. The third-order valence-corrected chi connectivity index (χ3v) is 7.97. The smallest absolute Gasteiger partial charge is 0.266 e. The molecule has 3 aliphatic rings. The van der Waals surface area contributed by atoms with Crippen molar-refractivity contribution in [3.05, 3.63) is 27.6 Å². The van der Waals surface area contributed by atoms with Crippen molar-refractivity contribution in [3.63, 3.8) is 0 Å². The van der Waals surface area contributed by atoms with E-state index in [4.69, 9.17) is 16.6 Å². The molecule has 1 unspecified atom stereocenters. The summed E-state index contributed by atoms with van der Waals surface area (Å²) in [6, 6.07) is 2.18. The molecule has 2 saturated carbocycles. The number of hydrogen-bond donors (Lipinski definition) is 2.